The average Bonchev–Trinajstić information content (AvgIpc) is 2.81. The van der Waals surface area contributed by atoms with Crippen molar-refractivity contribution in [3.05, 3.63) is 53.4 Å². The molecule has 2 rings (SSSR count). The number of aryl methyl sites for hydroxylation is 2. The second kappa shape index (κ2) is 7.31. The van der Waals surface area contributed by atoms with Crippen molar-refractivity contribution in [2.45, 2.75) is 32.2 Å². The quantitative estimate of drug-likeness (QED) is 0.850. The van der Waals surface area contributed by atoms with Crippen LogP contribution in [0.2, 0.25) is 0 Å². The van der Waals surface area contributed by atoms with Crippen LogP contribution in [0.4, 0.5) is 8.78 Å². The first-order chi connectivity index (χ1) is 10.1. The van der Waals surface area contributed by atoms with E-state index in [0.29, 0.717) is 12.0 Å². The van der Waals surface area contributed by atoms with Crippen molar-refractivity contribution in [1.29, 1.82) is 0 Å². The third-order valence-corrected chi connectivity index (χ3v) is 3.44. The maximum Gasteiger partial charge on any atom is 0.126 e. The Kier molecular flexibility index (Phi) is 5.44. The van der Waals surface area contributed by atoms with Gasteiger partial charge in [0.1, 0.15) is 11.6 Å². The third-order valence-electron chi connectivity index (χ3n) is 3.44. The number of hydrogen-bond donors (Lipinski definition) is 1. The van der Waals surface area contributed by atoms with Crippen molar-refractivity contribution in [1.82, 2.24) is 15.1 Å². The van der Waals surface area contributed by atoms with Gasteiger partial charge >= 0.3 is 0 Å². The summed E-state index contributed by atoms with van der Waals surface area (Å²) in [5.74, 6) is -1.04. The summed E-state index contributed by atoms with van der Waals surface area (Å²) >= 11 is 0. The molecule has 21 heavy (non-hydrogen) atoms. The molecule has 0 aliphatic rings. The van der Waals surface area contributed by atoms with Gasteiger partial charge in [-0.2, -0.15) is 5.10 Å². The van der Waals surface area contributed by atoms with E-state index >= 15 is 0 Å². The molecule has 0 aliphatic heterocycles. The molecule has 0 aliphatic carbocycles. The summed E-state index contributed by atoms with van der Waals surface area (Å²) in [7, 11) is 1.89. The molecule has 0 radical (unpaired) electrons. The predicted octanol–water partition coefficient (Wildman–Crippen LogP) is 2.85. The minimum Gasteiger partial charge on any atom is -0.314 e. The van der Waals surface area contributed by atoms with Crippen LogP contribution in [-0.4, -0.2) is 22.4 Å². The van der Waals surface area contributed by atoms with Crippen LogP contribution in [0, 0.1) is 11.6 Å². The number of nitrogens with zero attached hydrogens (tertiary/aromatic N) is 2. The molecule has 1 atom stereocenters. The Hall–Kier alpha value is -1.75. The molecule has 1 N–H and O–H groups in total. The number of aromatic nitrogens is 2. The molecule has 0 saturated heterocycles. The van der Waals surface area contributed by atoms with Crippen molar-refractivity contribution in [2.24, 2.45) is 7.05 Å². The maximum absolute atomic E-state index is 13.2. The highest BCUT2D eigenvalue weighted by Gasteiger charge is 2.11. The standard InChI is InChI=1S/C16H21F2N3/c1-3-19-16(5-4-12-10-20-21(2)11-12)8-13-6-14(17)9-15(18)7-13/h6-7,9-11,16,19H,3-5,8H2,1-2H3. The van der Waals surface area contributed by atoms with Gasteiger partial charge in [0.2, 0.25) is 0 Å². The number of nitrogens with one attached hydrogen (secondary N) is 1. The van der Waals surface area contributed by atoms with E-state index in [-0.39, 0.29) is 6.04 Å². The molecule has 1 aromatic carbocycles. The van der Waals surface area contributed by atoms with E-state index in [9.17, 15) is 8.78 Å². The molecule has 2 aromatic rings. The molecule has 0 bridgehead atoms. The van der Waals surface area contributed by atoms with Crippen molar-refractivity contribution >= 4 is 0 Å². The van der Waals surface area contributed by atoms with Crippen LogP contribution < -0.4 is 5.32 Å². The zero-order valence-corrected chi connectivity index (χ0v) is 12.4. The monoisotopic (exact) mass is 293 g/mol. The fraction of sp³-hybridized carbons (Fsp3) is 0.438. The highest BCUT2D eigenvalue weighted by Crippen LogP contribution is 2.13. The minimum absolute atomic E-state index is 0.191. The lowest BCUT2D eigenvalue weighted by Crippen LogP contribution is -2.31. The molecular weight excluding hydrogens is 272 g/mol. The van der Waals surface area contributed by atoms with Crippen molar-refractivity contribution in [2.75, 3.05) is 6.54 Å². The number of rotatable bonds is 7. The normalized spacial score (nSPS) is 12.6. The lowest BCUT2D eigenvalue weighted by Gasteiger charge is -2.17. The first kappa shape index (κ1) is 15.6. The van der Waals surface area contributed by atoms with Crippen molar-refractivity contribution in [3.8, 4) is 0 Å². The van der Waals surface area contributed by atoms with Crippen LogP contribution in [-0.2, 0) is 19.9 Å². The SMILES string of the molecule is CCNC(CCc1cnn(C)c1)Cc1cc(F)cc(F)c1. The highest BCUT2D eigenvalue weighted by molar-refractivity contribution is 5.19. The molecule has 1 unspecified atom stereocenters. The molecule has 0 spiro atoms. The Morgan fingerprint density at radius 1 is 1.19 bits per heavy atom. The van der Waals surface area contributed by atoms with Crippen LogP contribution in [0.5, 0.6) is 0 Å². The Bertz CT molecular complexity index is 560. The van der Waals surface area contributed by atoms with Gasteiger partial charge in [0.05, 0.1) is 6.20 Å². The summed E-state index contributed by atoms with van der Waals surface area (Å²) in [5, 5.41) is 7.52. The van der Waals surface area contributed by atoms with Gasteiger partial charge in [0, 0.05) is 25.4 Å². The minimum atomic E-state index is -0.521. The van der Waals surface area contributed by atoms with E-state index in [4.69, 9.17) is 0 Å². The second-order valence-corrected chi connectivity index (χ2v) is 5.30. The van der Waals surface area contributed by atoms with Crippen molar-refractivity contribution in [3.63, 3.8) is 0 Å². The summed E-state index contributed by atoms with van der Waals surface area (Å²) in [6.07, 6.45) is 6.25. The third kappa shape index (κ3) is 4.93. The topological polar surface area (TPSA) is 29.9 Å². The number of benzene rings is 1. The molecule has 1 aromatic heterocycles. The van der Waals surface area contributed by atoms with Gasteiger partial charge in [-0.3, -0.25) is 4.68 Å². The Morgan fingerprint density at radius 3 is 2.48 bits per heavy atom. The fourth-order valence-electron chi connectivity index (χ4n) is 2.52. The van der Waals surface area contributed by atoms with Crippen LogP contribution in [0.1, 0.15) is 24.5 Å². The zero-order valence-electron chi connectivity index (χ0n) is 12.4. The lowest BCUT2D eigenvalue weighted by atomic mass is 10.00. The summed E-state index contributed by atoms with van der Waals surface area (Å²) in [4.78, 5) is 0. The highest BCUT2D eigenvalue weighted by atomic mass is 19.1. The molecule has 0 amide bonds. The maximum atomic E-state index is 13.2. The summed E-state index contributed by atoms with van der Waals surface area (Å²) < 4.78 is 28.3. The van der Waals surface area contributed by atoms with E-state index < -0.39 is 11.6 Å². The first-order valence-electron chi connectivity index (χ1n) is 7.22. The van der Waals surface area contributed by atoms with Crippen LogP contribution in [0.25, 0.3) is 0 Å². The lowest BCUT2D eigenvalue weighted by molar-refractivity contribution is 0.487. The van der Waals surface area contributed by atoms with E-state index in [2.05, 4.69) is 10.4 Å². The molecule has 1 heterocycles. The molecule has 0 saturated carbocycles. The zero-order chi connectivity index (χ0) is 15.2. The Morgan fingerprint density at radius 2 is 1.90 bits per heavy atom. The summed E-state index contributed by atoms with van der Waals surface area (Å²) in [5.41, 5.74) is 1.86. The molecule has 114 valence electrons. The van der Waals surface area contributed by atoms with Gasteiger partial charge in [-0.1, -0.05) is 6.92 Å². The molecule has 5 heteroatoms. The molecule has 3 nitrogen and oxygen atoms in total. The van der Waals surface area contributed by atoms with Gasteiger partial charge in [-0.05, 0) is 49.1 Å². The van der Waals surface area contributed by atoms with Gasteiger partial charge in [-0.25, -0.2) is 8.78 Å². The van der Waals surface area contributed by atoms with Crippen molar-refractivity contribution < 1.29 is 8.78 Å². The van der Waals surface area contributed by atoms with Crippen LogP contribution in [0.3, 0.4) is 0 Å². The number of likely N-dealkylation sites (N-methyl/N-ethyl adjacent to an activating group) is 1. The first-order valence-corrected chi connectivity index (χ1v) is 7.22. The Labute approximate surface area is 124 Å². The van der Waals surface area contributed by atoms with Gasteiger partial charge in [0.25, 0.3) is 0 Å². The number of halogens is 2. The van der Waals surface area contributed by atoms with Crippen LogP contribution in [0.15, 0.2) is 30.6 Å². The molecule has 0 fully saturated rings. The average molecular weight is 293 g/mol. The van der Waals surface area contributed by atoms with Gasteiger partial charge in [0.15, 0.2) is 0 Å². The van der Waals surface area contributed by atoms with Gasteiger partial charge in [-0.15, -0.1) is 0 Å². The second-order valence-electron chi connectivity index (χ2n) is 5.30. The predicted molar refractivity (Wildman–Crippen MR) is 79.1 cm³/mol. The Balaban J connectivity index is 1.97. The number of hydrogen-bond acceptors (Lipinski definition) is 2. The van der Waals surface area contributed by atoms with E-state index in [1.807, 2.05) is 26.4 Å². The smallest absolute Gasteiger partial charge is 0.126 e. The van der Waals surface area contributed by atoms with E-state index in [1.54, 1.807) is 4.68 Å². The largest absolute Gasteiger partial charge is 0.314 e. The fourth-order valence-corrected chi connectivity index (χ4v) is 2.52. The van der Waals surface area contributed by atoms with Crippen LogP contribution >= 0.6 is 0 Å². The van der Waals surface area contributed by atoms with Gasteiger partial charge < -0.3 is 5.32 Å². The summed E-state index contributed by atoms with van der Waals surface area (Å²) in [6, 6.07) is 3.90. The van der Waals surface area contributed by atoms with E-state index in [1.165, 1.54) is 17.7 Å². The van der Waals surface area contributed by atoms with E-state index in [0.717, 1.165) is 25.5 Å². The molecular formula is C16H21F2N3. The summed E-state index contributed by atoms with van der Waals surface area (Å²) in [6.45, 7) is 2.86.